The third-order valence-corrected chi connectivity index (χ3v) is 5.91. The van der Waals surface area contributed by atoms with Gasteiger partial charge in [-0.2, -0.15) is 11.8 Å². The van der Waals surface area contributed by atoms with Gasteiger partial charge in [0.25, 0.3) is 0 Å². The van der Waals surface area contributed by atoms with E-state index in [1.165, 1.54) is 6.92 Å². The quantitative estimate of drug-likeness (QED) is 0.716. The zero-order valence-electron chi connectivity index (χ0n) is 13.5. The average Bonchev–Trinajstić information content (AvgIpc) is 2.97. The molecular weight excluding hydrogens is 336 g/mol. The standard InChI is InChI=1S/C14H22N4O3S2/c1-10-13(15)14(17-23(10,19)20)16-6-7-22-9-12-5-4-11(21-12)8-18(2)3/h4-5,10,15H,6-9H2,1-3H3,(H,16,17). The number of thioether (sulfide) groups is 1. The van der Waals surface area contributed by atoms with E-state index in [1.54, 1.807) is 11.8 Å². The zero-order chi connectivity index (χ0) is 17.0. The molecule has 1 aliphatic rings. The molecule has 0 bridgehead atoms. The van der Waals surface area contributed by atoms with Crippen LogP contribution in [0.2, 0.25) is 0 Å². The third-order valence-electron chi connectivity index (χ3n) is 3.31. The number of hydrogen-bond donors (Lipinski definition) is 2. The maximum Gasteiger partial charge on any atom is 0.242 e. The van der Waals surface area contributed by atoms with Crippen molar-refractivity contribution < 1.29 is 12.8 Å². The summed E-state index contributed by atoms with van der Waals surface area (Å²) in [5, 5.41) is 6.92. The lowest BCUT2D eigenvalue weighted by Crippen LogP contribution is -2.23. The number of nitrogens with one attached hydrogen (secondary N) is 2. The van der Waals surface area contributed by atoms with Crippen molar-refractivity contribution in [1.82, 2.24) is 9.62 Å². The van der Waals surface area contributed by atoms with Crippen LogP contribution in [-0.4, -0.2) is 56.5 Å². The summed E-state index contributed by atoms with van der Waals surface area (Å²) in [6.45, 7) is 2.73. The molecule has 0 aromatic carbocycles. The predicted molar refractivity (Wildman–Crippen MR) is 93.8 cm³/mol. The average molecular weight is 358 g/mol. The van der Waals surface area contributed by atoms with E-state index in [4.69, 9.17) is 9.83 Å². The van der Waals surface area contributed by atoms with Crippen LogP contribution in [0.15, 0.2) is 21.5 Å². The summed E-state index contributed by atoms with van der Waals surface area (Å²) < 4.78 is 31.2. The summed E-state index contributed by atoms with van der Waals surface area (Å²) in [6.07, 6.45) is 0. The van der Waals surface area contributed by atoms with Crippen molar-refractivity contribution in [2.24, 2.45) is 4.99 Å². The van der Waals surface area contributed by atoms with Gasteiger partial charge in [-0.25, -0.2) is 8.42 Å². The molecule has 2 rings (SSSR count). The lowest BCUT2D eigenvalue weighted by molar-refractivity contribution is 0.344. The Hall–Kier alpha value is -1.32. The Morgan fingerprint density at radius 3 is 2.70 bits per heavy atom. The van der Waals surface area contributed by atoms with Crippen LogP contribution in [0.5, 0.6) is 0 Å². The van der Waals surface area contributed by atoms with Crippen LogP contribution in [0.1, 0.15) is 18.4 Å². The molecule has 1 aromatic heterocycles. The monoisotopic (exact) mass is 358 g/mol. The number of amidine groups is 1. The Kier molecular flexibility index (Phi) is 5.88. The molecule has 1 aliphatic heterocycles. The minimum absolute atomic E-state index is 0.0364. The number of sulfonamides is 1. The zero-order valence-corrected chi connectivity index (χ0v) is 15.1. The van der Waals surface area contributed by atoms with Crippen LogP contribution in [0.3, 0.4) is 0 Å². The van der Waals surface area contributed by atoms with E-state index in [1.807, 2.05) is 31.1 Å². The second-order valence-corrected chi connectivity index (χ2v) is 8.70. The highest BCUT2D eigenvalue weighted by Crippen LogP contribution is 2.16. The van der Waals surface area contributed by atoms with Gasteiger partial charge in [0.05, 0.1) is 24.6 Å². The van der Waals surface area contributed by atoms with Gasteiger partial charge < -0.3 is 14.7 Å². The van der Waals surface area contributed by atoms with Gasteiger partial charge in [-0.05, 0) is 33.2 Å². The highest BCUT2D eigenvalue weighted by atomic mass is 32.2. The van der Waals surface area contributed by atoms with E-state index in [2.05, 4.69) is 9.71 Å². The van der Waals surface area contributed by atoms with Crippen LogP contribution >= 0.6 is 11.8 Å². The Balaban J connectivity index is 1.75. The van der Waals surface area contributed by atoms with Crippen molar-refractivity contribution in [2.45, 2.75) is 24.5 Å². The topological polar surface area (TPSA) is 98.8 Å². The fraction of sp³-hybridized carbons (Fsp3) is 0.571. The van der Waals surface area contributed by atoms with E-state index >= 15 is 0 Å². The summed E-state index contributed by atoms with van der Waals surface area (Å²) in [6, 6.07) is 3.95. The highest BCUT2D eigenvalue weighted by Gasteiger charge is 2.36. The summed E-state index contributed by atoms with van der Waals surface area (Å²) in [5.74, 6) is 3.51. The molecule has 0 amide bonds. The lowest BCUT2D eigenvalue weighted by Gasteiger charge is -2.05. The van der Waals surface area contributed by atoms with Crippen LogP contribution in [0.4, 0.5) is 0 Å². The Labute approximate surface area is 141 Å². The van der Waals surface area contributed by atoms with E-state index in [0.29, 0.717) is 6.54 Å². The maximum atomic E-state index is 11.6. The van der Waals surface area contributed by atoms with Gasteiger partial charge in [-0.1, -0.05) is 0 Å². The first-order chi connectivity index (χ1) is 10.8. The minimum atomic E-state index is -3.45. The number of furan rings is 1. The molecule has 1 unspecified atom stereocenters. The van der Waals surface area contributed by atoms with E-state index < -0.39 is 15.3 Å². The van der Waals surface area contributed by atoms with Gasteiger partial charge in [-0.15, -0.1) is 0 Å². The molecule has 23 heavy (non-hydrogen) atoms. The van der Waals surface area contributed by atoms with Gasteiger partial charge in [0.1, 0.15) is 16.8 Å². The summed E-state index contributed by atoms with van der Waals surface area (Å²) in [7, 11) is 0.536. The minimum Gasteiger partial charge on any atom is -0.464 e. The first-order valence-electron chi connectivity index (χ1n) is 7.24. The summed E-state index contributed by atoms with van der Waals surface area (Å²) in [4.78, 5) is 6.22. The van der Waals surface area contributed by atoms with Gasteiger partial charge in [0.2, 0.25) is 10.0 Å². The van der Waals surface area contributed by atoms with Gasteiger partial charge in [0, 0.05) is 5.75 Å². The largest absolute Gasteiger partial charge is 0.464 e. The second kappa shape index (κ2) is 7.50. The van der Waals surface area contributed by atoms with Crippen molar-refractivity contribution in [3.63, 3.8) is 0 Å². The second-order valence-electron chi connectivity index (χ2n) is 5.59. The van der Waals surface area contributed by atoms with E-state index in [9.17, 15) is 8.42 Å². The number of rotatable bonds is 7. The first-order valence-corrected chi connectivity index (χ1v) is 9.94. The van der Waals surface area contributed by atoms with Crippen LogP contribution in [0.25, 0.3) is 0 Å². The van der Waals surface area contributed by atoms with Crippen molar-refractivity contribution in [3.8, 4) is 0 Å². The van der Waals surface area contributed by atoms with Crippen molar-refractivity contribution in [3.05, 3.63) is 23.7 Å². The normalized spacial score (nSPS) is 22.0. The molecular formula is C14H22N4O3S2. The molecule has 1 saturated heterocycles. The van der Waals surface area contributed by atoms with Crippen LogP contribution < -0.4 is 4.72 Å². The fourth-order valence-electron chi connectivity index (χ4n) is 2.03. The third kappa shape index (κ3) is 4.82. The molecule has 0 spiro atoms. The molecule has 128 valence electrons. The van der Waals surface area contributed by atoms with Crippen molar-refractivity contribution in [2.75, 3.05) is 26.4 Å². The smallest absolute Gasteiger partial charge is 0.242 e. The molecule has 9 heteroatoms. The van der Waals surface area contributed by atoms with Crippen LogP contribution in [0, 0.1) is 5.41 Å². The summed E-state index contributed by atoms with van der Waals surface area (Å²) in [5.41, 5.74) is 0.0364. The SMILES string of the molecule is CC1C(=N)C(=NCCSCc2ccc(CN(C)C)o2)NS1(=O)=O. The van der Waals surface area contributed by atoms with Crippen molar-refractivity contribution in [1.29, 1.82) is 5.41 Å². The highest BCUT2D eigenvalue weighted by molar-refractivity contribution is 7.98. The van der Waals surface area contributed by atoms with Gasteiger partial charge >= 0.3 is 0 Å². The van der Waals surface area contributed by atoms with Gasteiger partial charge in [-0.3, -0.25) is 9.71 Å². The van der Waals surface area contributed by atoms with Crippen LogP contribution in [-0.2, 0) is 22.3 Å². The molecule has 1 atom stereocenters. The number of hydrogen-bond acceptors (Lipinski definition) is 7. The van der Waals surface area contributed by atoms with E-state index in [-0.39, 0.29) is 11.5 Å². The molecule has 7 nitrogen and oxygen atoms in total. The molecule has 2 heterocycles. The maximum absolute atomic E-state index is 11.6. The Morgan fingerprint density at radius 1 is 1.39 bits per heavy atom. The fourth-order valence-corrected chi connectivity index (χ4v) is 3.80. The molecule has 0 saturated carbocycles. The van der Waals surface area contributed by atoms with Crippen molar-refractivity contribution >= 4 is 33.3 Å². The summed E-state index contributed by atoms with van der Waals surface area (Å²) >= 11 is 1.66. The first kappa shape index (κ1) is 18.0. The number of nitrogens with zero attached hydrogens (tertiary/aromatic N) is 2. The number of aliphatic imine (C=N–C) groups is 1. The Morgan fingerprint density at radius 2 is 2.09 bits per heavy atom. The lowest BCUT2D eigenvalue weighted by atomic mass is 10.3. The Bertz CT molecular complexity index is 695. The molecule has 1 fully saturated rings. The molecule has 2 N–H and O–H groups in total. The van der Waals surface area contributed by atoms with Gasteiger partial charge in [0.15, 0.2) is 5.84 Å². The molecule has 0 radical (unpaired) electrons. The molecule has 1 aromatic rings. The predicted octanol–water partition coefficient (Wildman–Crippen LogP) is 1.31. The van der Waals surface area contributed by atoms with E-state index in [0.717, 1.165) is 29.6 Å². The molecule has 0 aliphatic carbocycles.